The van der Waals surface area contributed by atoms with Gasteiger partial charge in [0.15, 0.2) is 6.10 Å². The van der Waals surface area contributed by atoms with E-state index in [1.165, 1.54) is 218 Å². The molecule has 1 unspecified atom stereocenters. The lowest BCUT2D eigenvalue weighted by atomic mass is 10.0. The van der Waals surface area contributed by atoms with Gasteiger partial charge in [-0.15, -0.1) is 0 Å². The maximum atomic E-state index is 12.9. The molecule has 0 aliphatic rings. The predicted molar refractivity (Wildman–Crippen MR) is 330 cm³/mol. The molecule has 0 aromatic rings. The highest BCUT2D eigenvalue weighted by Gasteiger charge is 2.19. The average Bonchev–Trinajstić information content (AvgIpc) is 3.42. The maximum Gasteiger partial charge on any atom is 0.306 e. The van der Waals surface area contributed by atoms with Crippen molar-refractivity contribution in [3.05, 3.63) is 60.8 Å². The van der Waals surface area contributed by atoms with Crippen LogP contribution in [0.2, 0.25) is 0 Å². The quantitative estimate of drug-likeness (QED) is 0.0261. The molecular weight excluding hydrogens is 937 g/mol. The van der Waals surface area contributed by atoms with Crippen molar-refractivity contribution in [2.45, 2.75) is 354 Å². The van der Waals surface area contributed by atoms with Crippen molar-refractivity contribution in [2.75, 3.05) is 13.2 Å². The Balaban J connectivity index is 4.13. The first kappa shape index (κ1) is 73.1. The van der Waals surface area contributed by atoms with Gasteiger partial charge in [-0.05, 0) is 64.2 Å². The zero-order valence-corrected chi connectivity index (χ0v) is 50.8. The van der Waals surface area contributed by atoms with Gasteiger partial charge in [0.05, 0.1) is 0 Å². The molecule has 6 heteroatoms. The van der Waals surface area contributed by atoms with Crippen LogP contribution in [-0.4, -0.2) is 37.2 Å². The van der Waals surface area contributed by atoms with E-state index in [0.29, 0.717) is 19.3 Å². The third-order valence-electron chi connectivity index (χ3n) is 14.8. The summed E-state index contributed by atoms with van der Waals surface area (Å²) in [6.45, 7) is 6.57. The minimum absolute atomic E-state index is 0.0671. The number of carbonyl (C=O) groups excluding carboxylic acids is 3. The van der Waals surface area contributed by atoms with Crippen molar-refractivity contribution in [1.29, 1.82) is 0 Å². The van der Waals surface area contributed by atoms with Gasteiger partial charge in [0.2, 0.25) is 0 Å². The summed E-state index contributed by atoms with van der Waals surface area (Å²) in [7, 11) is 0. The topological polar surface area (TPSA) is 78.9 Å². The highest BCUT2D eigenvalue weighted by Crippen LogP contribution is 2.18. The van der Waals surface area contributed by atoms with Gasteiger partial charge in [0, 0.05) is 19.3 Å². The molecule has 0 radical (unpaired) electrons. The second kappa shape index (κ2) is 64.6. The minimum Gasteiger partial charge on any atom is -0.462 e. The molecule has 0 heterocycles. The summed E-state index contributed by atoms with van der Waals surface area (Å²) in [6, 6.07) is 0. The average molecular weight is 1060 g/mol. The van der Waals surface area contributed by atoms with Crippen molar-refractivity contribution in [1.82, 2.24) is 0 Å². The number of hydrogen-bond donors (Lipinski definition) is 0. The Morgan fingerprint density at radius 2 is 0.513 bits per heavy atom. The van der Waals surface area contributed by atoms with Crippen LogP contribution >= 0.6 is 0 Å². The molecular formula is C70H126O6. The van der Waals surface area contributed by atoms with Crippen LogP contribution in [-0.2, 0) is 28.6 Å². The summed E-state index contributed by atoms with van der Waals surface area (Å²) >= 11 is 0. The number of hydrogen-bond acceptors (Lipinski definition) is 6. The van der Waals surface area contributed by atoms with E-state index in [-0.39, 0.29) is 31.1 Å². The zero-order chi connectivity index (χ0) is 55.0. The monoisotopic (exact) mass is 1060 g/mol. The third-order valence-corrected chi connectivity index (χ3v) is 14.8. The number of allylic oxidation sites excluding steroid dienone is 10. The molecule has 0 N–H and O–H groups in total. The van der Waals surface area contributed by atoms with Crippen LogP contribution in [0.1, 0.15) is 348 Å². The second-order valence-corrected chi connectivity index (χ2v) is 22.4. The fraction of sp³-hybridized carbons (Fsp3) is 0.814. The van der Waals surface area contributed by atoms with Crippen LogP contribution in [0, 0.1) is 0 Å². The molecule has 1 atom stereocenters. The number of unbranched alkanes of at least 4 members (excludes halogenated alkanes) is 40. The zero-order valence-electron chi connectivity index (χ0n) is 50.8. The van der Waals surface area contributed by atoms with E-state index in [1.807, 2.05) is 0 Å². The fourth-order valence-corrected chi connectivity index (χ4v) is 9.83. The van der Waals surface area contributed by atoms with E-state index in [1.54, 1.807) is 0 Å². The molecule has 0 saturated heterocycles. The molecule has 442 valence electrons. The summed E-state index contributed by atoms with van der Waals surface area (Å²) in [6.07, 6.45) is 82.4. The molecule has 0 aromatic heterocycles. The van der Waals surface area contributed by atoms with E-state index in [4.69, 9.17) is 14.2 Å². The normalized spacial score (nSPS) is 12.4. The van der Waals surface area contributed by atoms with E-state index in [9.17, 15) is 14.4 Å². The van der Waals surface area contributed by atoms with Gasteiger partial charge in [-0.2, -0.15) is 0 Å². The van der Waals surface area contributed by atoms with Crippen LogP contribution in [0.3, 0.4) is 0 Å². The SMILES string of the molecule is CC/C=C\C/C=C\C/C=C\C/C=C\C/C=C\CCCCCCCCCCCCCCCCCC(=O)OCC(COC(=O)CCCCCCCCCCCCC)OC(=O)CCCCCCCCCCCCCCCCCC. The Bertz CT molecular complexity index is 1360. The molecule has 0 aliphatic carbocycles. The van der Waals surface area contributed by atoms with E-state index < -0.39 is 6.10 Å². The lowest BCUT2D eigenvalue weighted by molar-refractivity contribution is -0.167. The summed E-state index contributed by atoms with van der Waals surface area (Å²) in [5, 5.41) is 0. The fourth-order valence-electron chi connectivity index (χ4n) is 9.83. The smallest absolute Gasteiger partial charge is 0.306 e. The minimum atomic E-state index is -0.769. The van der Waals surface area contributed by atoms with Crippen molar-refractivity contribution in [2.24, 2.45) is 0 Å². The number of ether oxygens (including phenoxy) is 3. The highest BCUT2D eigenvalue weighted by molar-refractivity contribution is 5.71. The maximum absolute atomic E-state index is 12.9. The Kier molecular flexibility index (Phi) is 62.2. The largest absolute Gasteiger partial charge is 0.462 e. The van der Waals surface area contributed by atoms with Crippen LogP contribution in [0.5, 0.6) is 0 Å². The molecule has 0 spiro atoms. The first-order valence-corrected chi connectivity index (χ1v) is 33.3. The Labute approximate surface area is 472 Å². The Morgan fingerprint density at radius 3 is 0.803 bits per heavy atom. The molecule has 0 aromatic carbocycles. The Hall–Kier alpha value is -2.89. The van der Waals surface area contributed by atoms with Gasteiger partial charge in [0.1, 0.15) is 13.2 Å². The van der Waals surface area contributed by atoms with Crippen LogP contribution in [0.25, 0.3) is 0 Å². The van der Waals surface area contributed by atoms with E-state index in [2.05, 4.69) is 81.5 Å². The van der Waals surface area contributed by atoms with Crippen LogP contribution in [0.4, 0.5) is 0 Å². The number of rotatable bonds is 61. The molecule has 0 fully saturated rings. The molecule has 76 heavy (non-hydrogen) atoms. The van der Waals surface area contributed by atoms with Gasteiger partial charge < -0.3 is 14.2 Å². The van der Waals surface area contributed by atoms with E-state index in [0.717, 1.165) is 89.9 Å². The first-order valence-electron chi connectivity index (χ1n) is 33.3. The Morgan fingerprint density at radius 1 is 0.276 bits per heavy atom. The summed E-state index contributed by atoms with van der Waals surface area (Å²) in [4.78, 5) is 38.3. The first-order chi connectivity index (χ1) is 37.5. The second-order valence-electron chi connectivity index (χ2n) is 22.4. The van der Waals surface area contributed by atoms with Crippen molar-refractivity contribution in [3.8, 4) is 0 Å². The van der Waals surface area contributed by atoms with Crippen molar-refractivity contribution < 1.29 is 28.6 Å². The van der Waals surface area contributed by atoms with Crippen molar-refractivity contribution >= 4 is 17.9 Å². The molecule has 0 saturated carbocycles. The van der Waals surface area contributed by atoms with Crippen LogP contribution < -0.4 is 0 Å². The van der Waals surface area contributed by atoms with Gasteiger partial charge in [0.25, 0.3) is 0 Å². The summed E-state index contributed by atoms with van der Waals surface area (Å²) in [5.74, 6) is -0.845. The summed E-state index contributed by atoms with van der Waals surface area (Å²) < 4.78 is 16.9. The van der Waals surface area contributed by atoms with Gasteiger partial charge in [-0.1, -0.05) is 326 Å². The van der Waals surface area contributed by atoms with Gasteiger partial charge >= 0.3 is 17.9 Å². The molecule has 0 rings (SSSR count). The number of carbonyl (C=O) groups is 3. The predicted octanol–water partition coefficient (Wildman–Crippen LogP) is 22.7. The highest BCUT2D eigenvalue weighted by atomic mass is 16.6. The van der Waals surface area contributed by atoms with Crippen molar-refractivity contribution in [3.63, 3.8) is 0 Å². The number of esters is 3. The molecule has 0 aliphatic heterocycles. The lowest BCUT2D eigenvalue weighted by Gasteiger charge is -2.18. The van der Waals surface area contributed by atoms with Crippen LogP contribution in [0.15, 0.2) is 60.8 Å². The molecule has 6 nitrogen and oxygen atoms in total. The lowest BCUT2D eigenvalue weighted by Crippen LogP contribution is -2.30. The molecule has 0 amide bonds. The third kappa shape index (κ3) is 62.0. The van der Waals surface area contributed by atoms with Gasteiger partial charge in [-0.25, -0.2) is 0 Å². The standard InChI is InChI=1S/C70H126O6/c1-4-7-10-13-16-19-22-24-26-28-29-30-31-32-33-34-35-36-37-38-39-40-41-42-44-45-48-51-54-57-60-63-69(72)75-66-67(65-74-68(71)62-59-56-53-50-47-21-18-15-12-9-6-3)76-70(73)64-61-58-55-52-49-46-43-27-25-23-20-17-14-11-8-5-2/h7,10,16,19,24,26,29-30,32-33,67H,4-6,8-9,11-15,17-18,20-23,25,27-28,31,34-66H2,1-3H3/b10-7-,19-16-,26-24-,30-29-,33-32-. The molecule has 0 bridgehead atoms. The van der Waals surface area contributed by atoms with E-state index >= 15 is 0 Å². The van der Waals surface area contributed by atoms with Gasteiger partial charge in [-0.3, -0.25) is 14.4 Å². The summed E-state index contributed by atoms with van der Waals surface area (Å²) in [5.41, 5.74) is 0.